The Morgan fingerprint density at radius 1 is 1.36 bits per heavy atom. The van der Waals surface area contributed by atoms with Gasteiger partial charge in [-0.15, -0.1) is 11.6 Å². The molecule has 3 heteroatoms. The molecule has 82 valence electrons. The van der Waals surface area contributed by atoms with Gasteiger partial charge in [-0.05, 0) is 45.6 Å². The second-order valence-corrected chi connectivity index (χ2v) is 5.51. The third kappa shape index (κ3) is 1.79. The minimum atomic E-state index is -0.773. The van der Waals surface area contributed by atoms with Gasteiger partial charge in [-0.2, -0.15) is 0 Å². The van der Waals surface area contributed by atoms with E-state index in [0.717, 1.165) is 19.4 Å². The van der Waals surface area contributed by atoms with Gasteiger partial charge in [0, 0.05) is 12.1 Å². The van der Waals surface area contributed by atoms with Crippen molar-refractivity contribution in [1.82, 2.24) is 4.90 Å². The maximum absolute atomic E-state index is 13.4. The van der Waals surface area contributed by atoms with Crippen molar-refractivity contribution >= 4 is 11.6 Å². The lowest BCUT2D eigenvalue weighted by atomic mass is 9.83. The minimum absolute atomic E-state index is 0.254. The van der Waals surface area contributed by atoms with Crippen LogP contribution >= 0.6 is 11.6 Å². The third-order valence-electron chi connectivity index (χ3n) is 3.78. The third-order valence-corrected chi connectivity index (χ3v) is 4.23. The Labute approximate surface area is 90.6 Å². The molecule has 14 heavy (non-hydrogen) atoms. The average molecular weight is 220 g/mol. The lowest BCUT2D eigenvalue weighted by Gasteiger charge is -2.37. The Morgan fingerprint density at radius 2 is 2.07 bits per heavy atom. The van der Waals surface area contributed by atoms with Crippen LogP contribution in [0.4, 0.5) is 4.39 Å². The lowest BCUT2D eigenvalue weighted by molar-refractivity contribution is 0.112. The summed E-state index contributed by atoms with van der Waals surface area (Å²) in [6.45, 7) is 5.56. The van der Waals surface area contributed by atoms with Gasteiger partial charge in [-0.1, -0.05) is 0 Å². The normalized spacial score (nSPS) is 44.4. The molecule has 0 bridgehead atoms. The van der Waals surface area contributed by atoms with E-state index in [4.69, 9.17) is 11.6 Å². The van der Waals surface area contributed by atoms with Crippen molar-refractivity contribution in [2.45, 2.75) is 56.7 Å². The zero-order valence-corrected chi connectivity index (χ0v) is 9.67. The summed E-state index contributed by atoms with van der Waals surface area (Å²) in [5.74, 6) is 0.558. The number of likely N-dealkylation sites (tertiary alicyclic amines) is 1. The van der Waals surface area contributed by atoms with E-state index in [1.165, 1.54) is 0 Å². The Balaban J connectivity index is 2.05. The van der Waals surface area contributed by atoms with E-state index in [1.807, 2.05) is 0 Å². The summed E-state index contributed by atoms with van der Waals surface area (Å²) in [5, 5.41) is -0.254. The number of alkyl halides is 2. The van der Waals surface area contributed by atoms with E-state index in [1.54, 1.807) is 0 Å². The molecule has 2 rings (SSSR count). The van der Waals surface area contributed by atoms with E-state index in [2.05, 4.69) is 18.7 Å². The first-order valence-corrected chi connectivity index (χ1v) is 6.07. The molecule has 4 atom stereocenters. The van der Waals surface area contributed by atoms with Crippen LogP contribution < -0.4 is 0 Å². The molecule has 2 aliphatic rings. The fourth-order valence-electron chi connectivity index (χ4n) is 3.00. The zero-order chi connectivity index (χ0) is 10.3. The largest absolute Gasteiger partial charge is 0.298 e. The van der Waals surface area contributed by atoms with E-state index < -0.39 is 6.17 Å². The van der Waals surface area contributed by atoms with Gasteiger partial charge in [0.25, 0.3) is 0 Å². The van der Waals surface area contributed by atoms with Crippen LogP contribution in [0, 0.1) is 5.92 Å². The molecule has 1 saturated heterocycles. The predicted molar refractivity (Wildman–Crippen MR) is 57.5 cm³/mol. The van der Waals surface area contributed by atoms with E-state index in [9.17, 15) is 4.39 Å². The standard InChI is InChI=1S/C11H19ClFN/c1-7(2)14-4-3-8-5-10(13)9(12)6-11(8)14/h7-11H,3-6H2,1-2H3. The quantitative estimate of drug-likeness (QED) is 0.613. The molecule has 0 spiro atoms. The molecule has 1 heterocycles. The summed E-state index contributed by atoms with van der Waals surface area (Å²) < 4.78 is 13.4. The van der Waals surface area contributed by atoms with Crippen LogP contribution in [0.3, 0.4) is 0 Å². The van der Waals surface area contributed by atoms with Gasteiger partial charge in [-0.25, -0.2) is 4.39 Å². The van der Waals surface area contributed by atoms with Crippen LogP contribution in [-0.2, 0) is 0 Å². The summed E-state index contributed by atoms with van der Waals surface area (Å²) in [6, 6.07) is 1.12. The van der Waals surface area contributed by atoms with Crippen LogP contribution in [0.5, 0.6) is 0 Å². The summed E-state index contributed by atoms with van der Waals surface area (Å²) in [7, 11) is 0. The average Bonchev–Trinajstić information content (AvgIpc) is 2.48. The minimum Gasteiger partial charge on any atom is -0.298 e. The highest BCUT2D eigenvalue weighted by molar-refractivity contribution is 6.21. The van der Waals surface area contributed by atoms with Crippen molar-refractivity contribution in [1.29, 1.82) is 0 Å². The van der Waals surface area contributed by atoms with Crippen LogP contribution in [0.15, 0.2) is 0 Å². The molecule has 1 saturated carbocycles. The number of halogens is 2. The predicted octanol–water partition coefficient (Wildman–Crippen LogP) is 2.82. The molecule has 0 aromatic heterocycles. The van der Waals surface area contributed by atoms with Crippen molar-refractivity contribution in [3.05, 3.63) is 0 Å². The molecule has 0 aromatic rings. The van der Waals surface area contributed by atoms with Crippen LogP contribution in [0.1, 0.15) is 33.1 Å². The molecule has 1 aliphatic carbocycles. The summed E-state index contributed by atoms with van der Waals surface area (Å²) in [6.07, 6.45) is 1.91. The van der Waals surface area contributed by atoms with Crippen molar-refractivity contribution < 1.29 is 4.39 Å². The number of hydrogen-bond donors (Lipinski definition) is 0. The van der Waals surface area contributed by atoms with Gasteiger partial charge < -0.3 is 0 Å². The highest BCUT2D eigenvalue weighted by Gasteiger charge is 2.43. The Hall–Kier alpha value is 0.180. The number of nitrogens with zero attached hydrogens (tertiary/aromatic N) is 1. The fraction of sp³-hybridized carbons (Fsp3) is 1.00. The number of hydrogen-bond acceptors (Lipinski definition) is 1. The highest BCUT2D eigenvalue weighted by atomic mass is 35.5. The van der Waals surface area contributed by atoms with Crippen molar-refractivity contribution in [2.75, 3.05) is 6.54 Å². The first-order valence-electron chi connectivity index (χ1n) is 5.63. The lowest BCUT2D eigenvalue weighted by Crippen LogP contribution is -2.44. The first kappa shape index (κ1) is 10.7. The molecule has 2 fully saturated rings. The van der Waals surface area contributed by atoms with E-state index in [0.29, 0.717) is 24.4 Å². The fourth-order valence-corrected chi connectivity index (χ4v) is 3.29. The van der Waals surface area contributed by atoms with Crippen molar-refractivity contribution in [3.63, 3.8) is 0 Å². The molecule has 1 nitrogen and oxygen atoms in total. The molecule has 0 amide bonds. The van der Waals surface area contributed by atoms with Gasteiger partial charge in [0.1, 0.15) is 6.17 Å². The SMILES string of the molecule is CC(C)N1CCC2CC(F)C(Cl)CC21. The van der Waals surface area contributed by atoms with Crippen molar-refractivity contribution in [3.8, 4) is 0 Å². The Kier molecular flexibility index (Phi) is 3.03. The van der Waals surface area contributed by atoms with Crippen LogP contribution in [0.25, 0.3) is 0 Å². The summed E-state index contributed by atoms with van der Waals surface area (Å²) in [5.41, 5.74) is 0. The second kappa shape index (κ2) is 3.97. The number of rotatable bonds is 1. The Morgan fingerprint density at radius 3 is 2.71 bits per heavy atom. The van der Waals surface area contributed by atoms with Gasteiger partial charge in [-0.3, -0.25) is 4.90 Å². The smallest absolute Gasteiger partial charge is 0.117 e. The molecular formula is C11H19ClFN. The monoisotopic (exact) mass is 219 g/mol. The molecule has 0 N–H and O–H groups in total. The maximum atomic E-state index is 13.4. The van der Waals surface area contributed by atoms with Crippen molar-refractivity contribution in [2.24, 2.45) is 5.92 Å². The molecular weight excluding hydrogens is 201 g/mol. The van der Waals surface area contributed by atoms with Crippen LogP contribution in [-0.4, -0.2) is 35.1 Å². The van der Waals surface area contributed by atoms with Gasteiger partial charge >= 0.3 is 0 Å². The molecule has 0 aromatic carbocycles. The van der Waals surface area contributed by atoms with Gasteiger partial charge in [0.2, 0.25) is 0 Å². The van der Waals surface area contributed by atoms with E-state index in [-0.39, 0.29) is 5.38 Å². The van der Waals surface area contributed by atoms with Gasteiger partial charge in [0.15, 0.2) is 0 Å². The molecule has 1 aliphatic heterocycles. The van der Waals surface area contributed by atoms with Gasteiger partial charge in [0.05, 0.1) is 5.38 Å². The highest BCUT2D eigenvalue weighted by Crippen LogP contribution is 2.40. The topological polar surface area (TPSA) is 3.24 Å². The zero-order valence-electron chi connectivity index (χ0n) is 8.92. The Bertz CT molecular complexity index is 209. The molecule has 0 radical (unpaired) electrons. The molecule has 4 unspecified atom stereocenters. The second-order valence-electron chi connectivity index (χ2n) is 4.95. The first-order chi connectivity index (χ1) is 6.59. The van der Waals surface area contributed by atoms with Crippen LogP contribution in [0.2, 0.25) is 0 Å². The maximum Gasteiger partial charge on any atom is 0.117 e. The summed E-state index contributed by atoms with van der Waals surface area (Å²) >= 11 is 6.00. The van der Waals surface area contributed by atoms with E-state index >= 15 is 0 Å². The number of fused-ring (bicyclic) bond motifs is 1. The summed E-state index contributed by atoms with van der Waals surface area (Å²) in [4.78, 5) is 2.49.